The molecule has 1 aromatic rings. The van der Waals surface area contributed by atoms with Gasteiger partial charge in [-0.1, -0.05) is 0 Å². The summed E-state index contributed by atoms with van der Waals surface area (Å²) in [5.41, 5.74) is 6.02. The van der Waals surface area contributed by atoms with Crippen LogP contribution in [-0.4, -0.2) is 20.2 Å². The van der Waals surface area contributed by atoms with Crippen molar-refractivity contribution in [3.8, 4) is 5.75 Å². The molecule has 0 radical (unpaired) electrons. The molecule has 0 saturated carbocycles. The standard InChI is InChI=1S/C9H13FN2O/c1-12-4-5-13-9-6-7(10)2-3-8(9)11/h2-3,6,12H,4-5,11H2,1H3. The maximum Gasteiger partial charge on any atom is 0.145 e. The number of anilines is 1. The first-order valence-electron chi connectivity index (χ1n) is 4.06. The average Bonchev–Trinajstić information content (AvgIpc) is 2.11. The van der Waals surface area contributed by atoms with Crippen molar-refractivity contribution >= 4 is 5.69 Å². The summed E-state index contributed by atoms with van der Waals surface area (Å²) in [6, 6.07) is 4.08. The van der Waals surface area contributed by atoms with E-state index in [9.17, 15) is 4.39 Å². The Morgan fingerprint density at radius 3 is 3.00 bits per heavy atom. The number of halogens is 1. The molecule has 0 saturated heterocycles. The van der Waals surface area contributed by atoms with E-state index < -0.39 is 0 Å². The van der Waals surface area contributed by atoms with E-state index in [-0.39, 0.29) is 5.82 Å². The third kappa shape index (κ3) is 2.91. The van der Waals surface area contributed by atoms with Gasteiger partial charge in [-0.3, -0.25) is 0 Å². The van der Waals surface area contributed by atoms with E-state index in [0.717, 1.165) is 0 Å². The van der Waals surface area contributed by atoms with Gasteiger partial charge in [-0.2, -0.15) is 0 Å². The highest BCUT2D eigenvalue weighted by molar-refractivity contribution is 5.52. The largest absolute Gasteiger partial charge is 0.490 e. The average molecular weight is 184 g/mol. The van der Waals surface area contributed by atoms with Crippen LogP contribution in [0.2, 0.25) is 0 Å². The van der Waals surface area contributed by atoms with Gasteiger partial charge in [0.25, 0.3) is 0 Å². The summed E-state index contributed by atoms with van der Waals surface area (Å²) in [5.74, 6) is 0.0592. The fourth-order valence-electron chi connectivity index (χ4n) is 0.896. The van der Waals surface area contributed by atoms with Crippen LogP contribution in [0.15, 0.2) is 18.2 Å². The van der Waals surface area contributed by atoms with Crippen LogP contribution in [0.25, 0.3) is 0 Å². The summed E-state index contributed by atoms with van der Waals surface area (Å²) in [6.45, 7) is 1.18. The summed E-state index contributed by atoms with van der Waals surface area (Å²) >= 11 is 0. The molecule has 0 aliphatic carbocycles. The predicted molar refractivity (Wildman–Crippen MR) is 50.2 cm³/mol. The molecule has 0 aromatic heterocycles. The molecule has 13 heavy (non-hydrogen) atoms. The minimum Gasteiger partial charge on any atom is -0.490 e. The summed E-state index contributed by atoms with van der Waals surface area (Å²) in [7, 11) is 1.82. The second-order valence-corrected chi connectivity index (χ2v) is 2.63. The Balaban J connectivity index is 2.59. The van der Waals surface area contributed by atoms with Crippen molar-refractivity contribution in [2.45, 2.75) is 0 Å². The van der Waals surface area contributed by atoms with E-state index in [1.165, 1.54) is 18.2 Å². The van der Waals surface area contributed by atoms with Crippen molar-refractivity contribution in [3.63, 3.8) is 0 Å². The van der Waals surface area contributed by atoms with Crippen LogP contribution in [0.4, 0.5) is 10.1 Å². The van der Waals surface area contributed by atoms with Gasteiger partial charge in [-0.25, -0.2) is 4.39 Å². The highest BCUT2D eigenvalue weighted by atomic mass is 19.1. The molecule has 0 unspecified atom stereocenters. The van der Waals surface area contributed by atoms with Crippen molar-refractivity contribution in [2.24, 2.45) is 0 Å². The first kappa shape index (κ1) is 9.80. The van der Waals surface area contributed by atoms with Gasteiger partial charge in [0, 0.05) is 12.6 Å². The molecule has 0 bridgehead atoms. The molecule has 0 aliphatic rings. The molecule has 4 heteroatoms. The Hall–Kier alpha value is -1.29. The molecule has 0 fully saturated rings. The highest BCUT2D eigenvalue weighted by Crippen LogP contribution is 2.21. The molecule has 72 valence electrons. The number of hydrogen-bond donors (Lipinski definition) is 2. The zero-order valence-electron chi connectivity index (χ0n) is 7.51. The summed E-state index contributed by atoms with van der Waals surface area (Å²) in [5, 5.41) is 2.91. The molecule has 3 nitrogen and oxygen atoms in total. The molecule has 1 aromatic carbocycles. The van der Waals surface area contributed by atoms with E-state index >= 15 is 0 Å². The first-order chi connectivity index (χ1) is 6.24. The predicted octanol–water partition coefficient (Wildman–Crippen LogP) is 1.01. The molecule has 1 rings (SSSR count). The number of ether oxygens (including phenoxy) is 1. The van der Waals surface area contributed by atoms with E-state index in [4.69, 9.17) is 10.5 Å². The zero-order chi connectivity index (χ0) is 9.68. The molecule has 0 atom stereocenters. The fourth-order valence-corrected chi connectivity index (χ4v) is 0.896. The Morgan fingerprint density at radius 1 is 1.54 bits per heavy atom. The molecule has 3 N–H and O–H groups in total. The molecular formula is C9H13FN2O. The Kier molecular flexibility index (Phi) is 3.52. The van der Waals surface area contributed by atoms with Crippen LogP contribution < -0.4 is 15.8 Å². The van der Waals surface area contributed by atoms with Gasteiger partial charge in [0.2, 0.25) is 0 Å². The smallest absolute Gasteiger partial charge is 0.145 e. The van der Waals surface area contributed by atoms with E-state index in [0.29, 0.717) is 24.6 Å². The molecule has 0 heterocycles. The lowest BCUT2D eigenvalue weighted by molar-refractivity contribution is 0.318. The minimum absolute atomic E-state index is 0.339. The van der Waals surface area contributed by atoms with Crippen molar-refractivity contribution in [1.82, 2.24) is 5.32 Å². The summed E-state index contributed by atoms with van der Waals surface area (Å²) in [4.78, 5) is 0. The zero-order valence-corrected chi connectivity index (χ0v) is 7.51. The van der Waals surface area contributed by atoms with Gasteiger partial charge in [0.15, 0.2) is 0 Å². The first-order valence-corrected chi connectivity index (χ1v) is 4.06. The number of nitrogens with one attached hydrogen (secondary N) is 1. The number of likely N-dealkylation sites (N-methyl/N-ethyl adjacent to an activating group) is 1. The topological polar surface area (TPSA) is 47.3 Å². The lowest BCUT2D eigenvalue weighted by Crippen LogP contribution is -2.16. The minimum atomic E-state index is -0.339. The van der Waals surface area contributed by atoms with Gasteiger partial charge in [0.1, 0.15) is 18.2 Å². The summed E-state index contributed by atoms with van der Waals surface area (Å²) in [6.07, 6.45) is 0. The number of hydrogen-bond acceptors (Lipinski definition) is 3. The van der Waals surface area contributed by atoms with Crippen LogP contribution in [0.3, 0.4) is 0 Å². The summed E-state index contributed by atoms with van der Waals surface area (Å²) < 4.78 is 17.9. The number of benzene rings is 1. The SMILES string of the molecule is CNCCOc1cc(F)ccc1N. The van der Waals surface area contributed by atoms with Crippen molar-refractivity contribution in [1.29, 1.82) is 0 Å². The van der Waals surface area contributed by atoms with E-state index in [1.54, 1.807) is 0 Å². The van der Waals surface area contributed by atoms with Crippen LogP contribution in [0.1, 0.15) is 0 Å². The van der Waals surface area contributed by atoms with Crippen LogP contribution in [-0.2, 0) is 0 Å². The number of nitrogen functional groups attached to an aromatic ring is 1. The molecule has 0 amide bonds. The molecule has 0 spiro atoms. The van der Waals surface area contributed by atoms with Gasteiger partial charge in [-0.15, -0.1) is 0 Å². The third-order valence-corrected chi connectivity index (χ3v) is 1.59. The maximum atomic E-state index is 12.7. The van der Waals surface area contributed by atoms with Gasteiger partial charge >= 0.3 is 0 Å². The van der Waals surface area contributed by atoms with E-state index in [2.05, 4.69) is 5.32 Å². The van der Waals surface area contributed by atoms with Crippen LogP contribution >= 0.6 is 0 Å². The van der Waals surface area contributed by atoms with Crippen LogP contribution in [0.5, 0.6) is 5.75 Å². The highest BCUT2D eigenvalue weighted by Gasteiger charge is 2.00. The van der Waals surface area contributed by atoms with Crippen molar-refractivity contribution in [3.05, 3.63) is 24.0 Å². The van der Waals surface area contributed by atoms with Gasteiger partial charge in [-0.05, 0) is 19.2 Å². The lowest BCUT2D eigenvalue weighted by Gasteiger charge is -2.07. The monoisotopic (exact) mass is 184 g/mol. The number of rotatable bonds is 4. The van der Waals surface area contributed by atoms with Crippen molar-refractivity contribution in [2.75, 3.05) is 25.9 Å². The van der Waals surface area contributed by atoms with Crippen LogP contribution in [0, 0.1) is 5.82 Å². The molecule has 0 aliphatic heterocycles. The third-order valence-electron chi connectivity index (χ3n) is 1.59. The lowest BCUT2D eigenvalue weighted by atomic mass is 10.3. The number of nitrogens with two attached hydrogens (primary N) is 1. The Morgan fingerprint density at radius 2 is 2.31 bits per heavy atom. The molecular weight excluding hydrogens is 171 g/mol. The van der Waals surface area contributed by atoms with Gasteiger partial charge in [0.05, 0.1) is 5.69 Å². The Labute approximate surface area is 76.7 Å². The normalized spacial score (nSPS) is 10.0. The quantitative estimate of drug-likeness (QED) is 0.542. The fraction of sp³-hybridized carbons (Fsp3) is 0.333. The maximum absolute atomic E-state index is 12.7. The van der Waals surface area contributed by atoms with Crippen molar-refractivity contribution < 1.29 is 9.13 Å². The van der Waals surface area contributed by atoms with E-state index in [1.807, 2.05) is 7.05 Å². The second-order valence-electron chi connectivity index (χ2n) is 2.63. The second kappa shape index (κ2) is 4.67. The van der Waals surface area contributed by atoms with Gasteiger partial charge < -0.3 is 15.8 Å². The Bertz CT molecular complexity index is 278.